The van der Waals surface area contributed by atoms with Gasteiger partial charge in [0.25, 0.3) is 0 Å². The van der Waals surface area contributed by atoms with Crippen molar-refractivity contribution in [1.82, 2.24) is 0 Å². The number of aliphatic hydroxyl groups is 3. The molecule has 0 unspecified atom stereocenters. The van der Waals surface area contributed by atoms with Crippen LogP contribution in [0.25, 0.3) is 0 Å². The largest absolute Gasteiger partial charge is 0.462 e. The van der Waals surface area contributed by atoms with E-state index in [0.717, 1.165) is 0 Å². The van der Waals surface area contributed by atoms with Crippen LogP contribution in [0.5, 0.6) is 5.75 Å². The molecule has 28 heavy (non-hydrogen) atoms. The van der Waals surface area contributed by atoms with Gasteiger partial charge < -0.3 is 29.5 Å². The van der Waals surface area contributed by atoms with Crippen LogP contribution < -0.4 is 4.74 Å². The summed E-state index contributed by atoms with van der Waals surface area (Å²) >= 11 is 1.21. The molecule has 0 radical (unpaired) electrons. The van der Waals surface area contributed by atoms with Crippen LogP contribution in [0.4, 0.5) is 0 Å². The van der Waals surface area contributed by atoms with Crippen LogP contribution in [0.2, 0.25) is 0 Å². The Labute approximate surface area is 164 Å². The first kappa shape index (κ1) is 20.4. The van der Waals surface area contributed by atoms with Crippen molar-refractivity contribution < 1.29 is 39.1 Å². The van der Waals surface area contributed by atoms with Crippen molar-refractivity contribution in [2.75, 3.05) is 6.61 Å². The summed E-state index contributed by atoms with van der Waals surface area (Å²) in [5, 5.41) is 32.1. The highest BCUT2D eigenvalue weighted by Crippen LogP contribution is 2.25. The van der Waals surface area contributed by atoms with E-state index in [0.29, 0.717) is 16.2 Å². The molecule has 9 heteroatoms. The Hall–Kier alpha value is -2.30. The van der Waals surface area contributed by atoms with Crippen LogP contribution in [-0.2, 0) is 9.47 Å². The van der Waals surface area contributed by atoms with Crippen molar-refractivity contribution in [3.8, 4) is 5.75 Å². The van der Waals surface area contributed by atoms with Gasteiger partial charge in [-0.3, -0.25) is 4.79 Å². The third kappa shape index (κ3) is 4.57. The lowest BCUT2D eigenvalue weighted by molar-refractivity contribution is -0.277. The van der Waals surface area contributed by atoms with Gasteiger partial charge in [-0.05, 0) is 42.6 Å². The van der Waals surface area contributed by atoms with Gasteiger partial charge in [-0.15, -0.1) is 11.3 Å². The molecule has 5 atom stereocenters. The summed E-state index contributed by atoms with van der Waals surface area (Å²) < 4.78 is 16.2. The lowest BCUT2D eigenvalue weighted by atomic mass is 9.99. The summed E-state index contributed by atoms with van der Waals surface area (Å²) in [4.78, 5) is 23.7. The summed E-state index contributed by atoms with van der Waals surface area (Å²) in [6, 6.07) is 9.46. The van der Waals surface area contributed by atoms with Crippen molar-refractivity contribution >= 4 is 23.1 Å². The van der Waals surface area contributed by atoms with E-state index in [-0.39, 0.29) is 12.4 Å². The lowest BCUT2D eigenvalue weighted by Gasteiger charge is -2.39. The third-order valence-electron chi connectivity index (χ3n) is 4.28. The summed E-state index contributed by atoms with van der Waals surface area (Å²) in [7, 11) is 0. The smallest absolute Gasteiger partial charge is 0.348 e. The number of carbonyl (C=O) groups excluding carboxylic acids is 2. The van der Waals surface area contributed by atoms with Crippen molar-refractivity contribution in [1.29, 1.82) is 0 Å². The van der Waals surface area contributed by atoms with E-state index < -0.39 is 36.7 Å². The molecule has 3 N–H and O–H groups in total. The Morgan fingerprint density at radius 1 is 1.07 bits per heavy atom. The predicted molar refractivity (Wildman–Crippen MR) is 98.4 cm³/mol. The average molecular weight is 408 g/mol. The van der Waals surface area contributed by atoms with Crippen molar-refractivity contribution in [3.63, 3.8) is 0 Å². The van der Waals surface area contributed by atoms with E-state index in [1.54, 1.807) is 29.6 Å². The molecule has 0 bridgehead atoms. The van der Waals surface area contributed by atoms with Gasteiger partial charge in [0.1, 0.15) is 41.6 Å². The quantitative estimate of drug-likeness (QED) is 0.478. The van der Waals surface area contributed by atoms with E-state index >= 15 is 0 Å². The second-order valence-corrected chi connectivity index (χ2v) is 7.24. The summed E-state index contributed by atoms with van der Waals surface area (Å²) in [6.45, 7) is 1.11. The maximum atomic E-state index is 11.9. The number of aliphatic hydroxyl groups excluding tert-OH is 3. The average Bonchev–Trinajstić information content (AvgIpc) is 3.22. The molecule has 1 saturated heterocycles. The zero-order chi connectivity index (χ0) is 20.3. The normalized spacial score (nSPS) is 27.2. The molecule has 1 aliphatic heterocycles. The number of benzene rings is 1. The zero-order valence-electron chi connectivity index (χ0n) is 14.9. The number of esters is 1. The Morgan fingerprint density at radius 2 is 1.79 bits per heavy atom. The molecule has 0 saturated carbocycles. The monoisotopic (exact) mass is 408 g/mol. The van der Waals surface area contributed by atoms with Crippen molar-refractivity contribution in [2.24, 2.45) is 0 Å². The van der Waals surface area contributed by atoms with Crippen LogP contribution in [0.1, 0.15) is 27.0 Å². The lowest BCUT2D eigenvalue weighted by Crippen LogP contribution is -2.60. The highest BCUT2D eigenvalue weighted by molar-refractivity contribution is 7.11. The fraction of sp³-hybridized carbons (Fsp3) is 0.368. The summed E-state index contributed by atoms with van der Waals surface area (Å²) in [5.74, 6) is -0.387. The molecule has 0 aliphatic carbocycles. The van der Waals surface area contributed by atoms with Gasteiger partial charge in [-0.25, -0.2) is 4.79 Å². The molecule has 1 aliphatic rings. The van der Waals surface area contributed by atoms with E-state index in [1.807, 2.05) is 0 Å². The number of thiophene rings is 1. The van der Waals surface area contributed by atoms with Gasteiger partial charge in [0.15, 0.2) is 5.78 Å². The van der Waals surface area contributed by atoms with E-state index in [9.17, 15) is 24.9 Å². The van der Waals surface area contributed by atoms with Crippen LogP contribution in [0, 0.1) is 0 Å². The number of ketones is 1. The van der Waals surface area contributed by atoms with Crippen molar-refractivity contribution in [3.05, 3.63) is 52.2 Å². The van der Waals surface area contributed by atoms with Crippen LogP contribution in [-0.4, -0.2) is 64.4 Å². The maximum absolute atomic E-state index is 11.9. The zero-order valence-corrected chi connectivity index (χ0v) is 15.7. The van der Waals surface area contributed by atoms with Crippen LogP contribution in [0.15, 0.2) is 41.8 Å². The number of rotatable bonds is 6. The topological polar surface area (TPSA) is 123 Å². The van der Waals surface area contributed by atoms with Gasteiger partial charge in [0.05, 0.1) is 0 Å². The van der Waals surface area contributed by atoms with Crippen molar-refractivity contribution in [2.45, 2.75) is 37.6 Å². The fourth-order valence-electron chi connectivity index (χ4n) is 2.68. The number of Topliss-reactive ketones (excluding diaryl/α,β-unsaturated/α-hetero) is 1. The first-order valence-corrected chi connectivity index (χ1v) is 9.42. The van der Waals surface area contributed by atoms with E-state index in [1.165, 1.54) is 30.4 Å². The minimum absolute atomic E-state index is 0.105. The van der Waals surface area contributed by atoms with Gasteiger partial charge >= 0.3 is 5.97 Å². The molecule has 1 aromatic heterocycles. The molecule has 0 spiro atoms. The number of carbonyl (C=O) groups is 2. The first-order chi connectivity index (χ1) is 13.4. The number of hydrogen-bond donors (Lipinski definition) is 3. The molecule has 0 amide bonds. The summed E-state index contributed by atoms with van der Waals surface area (Å²) in [5.41, 5.74) is 0.492. The Morgan fingerprint density at radius 3 is 2.39 bits per heavy atom. The predicted octanol–water partition coefficient (Wildman–Crippen LogP) is 0.994. The van der Waals surface area contributed by atoms with Crippen LogP contribution >= 0.6 is 11.3 Å². The molecular weight excluding hydrogens is 388 g/mol. The fourth-order valence-corrected chi connectivity index (χ4v) is 3.29. The standard InChI is InChI=1S/C19H20O8S/c1-10(20)11-4-6-12(7-5-11)26-19-17(23)16(22)15(21)13(27-19)9-25-18(24)14-3-2-8-28-14/h2-8,13,15-17,19,21-23H,9H2,1H3/t13-,15-,16+,17-,19-/m1/s1. The molecule has 8 nitrogen and oxygen atoms in total. The molecule has 1 aromatic carbocycles. The van der Waals surface area contributed by atoms with E-state index in [2.05, 4.69) is 0 Å². The number of ether oxygens (including phenoxy) is 3. The maximum Gasteiger partial charge on any atom is 0.348 e. The Kier molecular flexibility index (Phi) is 6.42. The van der Waals surface area contributed by atoms with E-state index in [4.69, 9.17) is 14.2 Å². The summed E-state index contributed by atoms with van der Waals surface area (Å²) in [6.07, 6.45) is -6.94. The Bertz CT molecular complexity index is 804. The molecule has 1 fully saturated rings. The molecular formula is C19H20O8S. The second-order valence-electron chi connectivity index (χ2n) is 6.29. The van der Waals surface area contributed by atoms with Gasteiger partial charge in [-0.2, -0.15) is 0 Å². The number of hydrogen-bond acceptors (Lipinski definition) is 9. The van der Waals surface area contributed by atoms with Crippen LogP contribution in [0.3, 0.4) is 0 Å². The minimum atomic E-state index is -1.55. The Balaban J connectivity index is 1.64. The van der Waals surface area contributed by atoms with Gasteiger partial charge in [-0.1, -0.05) is 6.07 Å². The second kappa shape index (κ2) is 8.80. The minimum Gasteiger partial charge on any atom is -0.462 e. The molecule has 2 aromatic rings. The highest BCUT2D eigenvalue weighted by Gasteiger charge is 2.45. The highest BCUT2D eigenvalue weighted by atomic mass is 32.1. The van der Waals surface area contributed by atoms with Gasteiger partial charge in [0, 0.05) is 5.56 Å². The molecule has 3 rings (SSSR count). The molecule has 2 heterocycles. The molecule has 150 valence electrons. The SMILES string of the molecule is CC(=O)c1ccc(O[C@@H]2O[C@H](COC(=O)c3cccs3)[C@@H](O)[C@H](O)[C@H]2O)cc1. The third-order valence-corrected chi connectivity index (χ3v) is 5.13. The van der Waals surface area contributed by atoms with Gasteiger partial charge in [0.2, 0.25) is 6.29 Å². The first-order valence-electron chi connectivity index (χ1n) is 8.54.